The van der Waals surface area contributed by atoms with Gasteiger partial charge in [0.05, 0.1) is 32.5 Å². The predicted octanol–water partition coefficient (Wildman–Crippen LogP) is 8.15. The van der Waals surface area contributed by atoms with E-state index >= 15 is 8.78 Å². The zero-order valence-electron chi connectivity index (χ0n) is 26.8. The Labute approximate surface area is 272 Å². The van der Waals surface area contributed by atoms with Crippen LogP contribution in [0.2, 0.25) is 0 Å². The molecular weight excluding hydrogens is 584 g/mol. The Morgan fingerprint density at radius 2 is 1.20 bits per heavy atom. The van der Waals surface area contributed by atoms with Gasteiger partial charge in [-0.25, -0.2) is 8.78 Å². The van der Waals surface area contributed by atoms with Gasteiger partial charge in [-0.15, -0.1) is 0 Å². The van der Waals surface area contributed by atoms with Gasteiger partial charge < -0.3 is 18.9 Å². The summed E-state index contributed by atoms with van der Waals surface area (Å²) < 4.78 is 55.7. The minimum Gasteiger partial charge on any atom is -0.493 e. The van der Waals surface area contributed by atoms with Crippen molar-refractivity contribution in [1.29, 1.82) is 0 Å². The molecule has 5 rings (SSSR count). The van der Waals surface area contributed by atoms with E-state index in [0.29, 0.717) is 39.5 Å². The van der Waals surface area contributed by atoms with Gasteiger partial charge >= 0.3 is 0 Å². The molecule has 244 valence electrons. The number of ether oxygens (including phenoxy) is 4. The van der Waals surface area contributed by atoms with Crippen LogP contribution < -0.4 is 4.74 Å². The lowest BCUT2D eigenvalue weighted by atomic mass is 9.93. The summed E-state index contributed by atoms with van der Waals surface area (Å²) in [6.45, 7) is 6.75. The van der Waals surface area contributed by atoms with Gasteiger partial charge in [-0.1, -0.05) is 104 Å². The third kappa shape index (κ3) is 9.46. The third-order valence-corrected chi connectivity index (χ3v) is 8.56. The average Bonchev–Trinajstić information content (AvgIpc) is 3.08. The summed E-state index contributed by atoms with van der Waals surface area (Å²) in [5, 5.41) is 0. The first kappa shape index (κ1) is 33.7. The summed E-state index contributed by atoms with van der Waals surface area (Å²) in [5.41, 5.74) is 3.23. The molecule has 0 aliphatic carbocycles. The highest BCUT2D eigenvalue weighted by Gasteiger charge is 2.44. The van der Waals surface area contributed by atoms with Crippen molar-refractivity contribution in [2.75, 3.05) is 19.7 Å². The molecule has 4 atom stereocenters. The average molecular weight is 630 g/mol. The van der Waals surface area contributed by atoms with Crippen molar-refractivity contribution in [2.24, 2.45) is 0 Å². The fraction of sp³-hybridized carbons (Fsp3) is 0.385. The van der Waals surface area contributed by atoms with E-state index in [4.69, 9.17) is 18.9 Å². The van der Waals surface area contributed by atoms with Crippen LogP contribution >= 0.6 is 0 Å². The van der Waals surface area contributed by atoms with Crippen molar-refractivity contribution < 1.29 is 27.7 Å². The van der Waals surface area contributed by atoms with Crippen LogP contribution in [0.15, 0.2) is 103 Å². The molecule has 0 amide bonds. The number of unbranched alkanes of at least 4 members (excludes halogenated alkanes) is 1. The van der Waals surface area contributed by atoms with Gasteiger partial charge in [-0.3, -0.25) is 4.90 Å². The van der Waals surface area contributed by atoms with Crippen molar-refractivity contribution in [1.82, 2.24) is 4.90 Å². The predicted molar refractivity (Wildman–Crippen MR) is 177 cm³/mol. The van der Waals surface area contributed by atoms with E-state index in [1.807, 2.05) is 97.9 Å². The molecule has 0 spiro atoms. The first-order valence-electron chi connectivity index (χ1n) is 16.3. The van der Waals surface area contributed by atoms with Gasteiger partial charge in [-0.2, -0.15) is 0 Å². The van der Waals surface area contributed by atoms with Gasteiger partial charge in [0.2, 0.25) is 0 Å². The highest BCUT2D eigenvalue weighted by Crippen LogP contribution is 2.30. The molecule has 0 radical (unpaired) electrons. The minimum atomic E-state index is -0.589. The van der Waals surface area contributed by atoms with Crippen molar-refractivity contribution in [3.8, 4) is 5.75 Å². The van der Waals surface area contributed by atoms with Crippen LogP contribution in [-0.4, -0.2) is 49.0 Å². The Morgan fingerprint density at radius 3 is 1.72 bits per heavy atom. The number of hydrogen-bond donors (Lipinski definition) is 0. The number of benzene rings is 4. The van der Waals surface area contributed by atoms with E-state index in [2.05, 4.69) is 11.8 Å². The lowest BCUT2D eigenvalue weighted by Crippen LogP contribution is -2.62. The minimum absolute atomic E-state index is 0.0565. The quantitative estimate of drug-likeness (QED) is 0.117. The summed E-state index contributed by atoms with van der Waals surface area (Å²) in [4.78, 5) is 2.21. The largest absolute Gasteiger partial charge is 0.493 e. The van der Waals surface area contributed by atoms with E-state index in [1.54, 1.807) is 0 Å². The van der Waals surface area contributed by atoms with Gasteiger partial charge in [0.15, 0.2) is 0 Å². The maximum absolute atomic E-state index is 15.2. The first-order valence-corrected chi connectivity index (χ1v) is 16.3. The Bertz CT molecular complexity index is 1430. The molecule has 1 fully saturated rings. The maximum atomic E-state index is 15.2. The van der Waals surface area contributed by atoms with E-state index in [-0.39, 0.29) is 42.1 Å². The second kappa shape index (κ2) is 17.3. The van der Waals surface area contributed by atoms with Crippen LogP contribution in [0.4, 0.5) is 8.78 Å². The highest BCUT2D eigenvalue weighted by atomic mass is 19.1. The summed E-state index contributed by atoms with van der Waals surface area (Å²) in [6, 6.07) is 32.6. The van der Waals surface area contributed by atoms with E-state index in [9.17, 15) is 0 Å². The first-order chi connectivity index (χ1) is 22.5. The normalized spacial score (nSPS) is 20.1. The van der Waals surface area contributed by atoms with Crippen LogP contribution in [0.5, 0.6) is 5.75 Å². The topological polar surface area (TPSA) is 40.2 Å². The molecule has 0 unspecified atom stereocenters. The summed E-state index contributed by atoms with van der Waals surface area (Å²) >= 11 is 0. The van der Waals surface area contributed by atoms with Crippen LogP contribution in [0, 0.1) is 11.6 Å². The monoisotopic (exact) mass is 629 g/mol. The highest BCUT2D eigenvalue weighted by molar-refractivity contribution is 5.31. The molecule has 0 saturated carbocycles. The van der Waals surface area contributed by atoms with Gasteiger partial charge in [-0.05, 0) is 36.5 Å². The van der Waals surface area contributed by atoms with Crippen molar-refractivity contribution in [3.63, 3.8) is 0 Å². The number of halogens is 2. The SMILES string of the molecule is CCCCOc1cc(F)c(CCN2C[C@H](OCc3ccccc3)[C@@H](OCc3ccccc3)[C@H](OCc3ccccc3)[C@H]2C)c(F)c1. The van der Waals surface area contributed by atoms with Crippen LogP contribution in [0.25, 0.3) is 0 Å². The Kier molecular flexibility index (Phi) is 12.7. The Balaban J connectivity index is 1.36. The second-order valence-electron chi connectivity index (χ2n) is 11.9. The Morgan fingerprint density at radius 1 is 0.696 bits per heavy atom. The number of nitrogens with zero attached hydrogens (tertiary/aromatic N) is 1. The molecule has 7 heteroatoms. The molecule has 1 aliphatic heterocycles. The number of likely N-dealkylation sites (tertiary alicyclic amines) is 1. The zero-order valence-corrected chi connectivity index (χ0v) is 26.8. The number of hydrogen-bond acceptors (Lipinski definition) is 5. The van der Waals surface area contributed by atoms with E-state index in [0.717, 1.165) is 29.5 Å². The molecule has 0 bridgehead atoms. The molecule has 0 N–H and O–H groups in total. The standard InChI is InChI=1S/C39H45F2NO4/c1-3-4-22-43-33-23-35(40)34(36(41)24-33)20-21-42-25-37(44-26-30-14-8-5-9-15-30)39(46-28-32-18-12-7-13-19-32)38(29(42)2)45-27-31-16-10-6-11-17-31/h5-19,23-24,29,37-39H,3-4,20-22,25-28H2,1-2H3/t29-,37+,38-,39-/m1/s1. The van der Waals surface area contributed by atoms with Gasteiger partial charge in [0.25, 0.3) is 0 Å². The Hall–Kier alpha value is -3.62. The molecule has 5 nitrogen and oxygen atoms in total. The summed E-state index contributed by atoms with van der Waals surface area (Å²) in [7, 11) is 0. The summed E-state index contributed by atoms with van der Waals surface area (Å²) in [5.74, 6) is -0.955. The van der Waals surface area contributed by atoms with Gasteiger partial charge in [0.1, 0.15) is 29.6 Å². The smallest absolute Gasteiger partial charge is 0.133 e. The molecule has 1 aliphatic rings. The third-order valence-electron chi connectivity index (χ3n) is 8.56. The molecule has 4 aromatic rings. The fourth-order valence-corrected chi connectivity index (χ4v) is 5.88. The number of rotatable bonds is 16. The molecule has 0 aromatic heterocycles. The van der Waals surface area contributed by atoms with Crippen molar-refractivity contribution in [3.05, 3.63) is 137 Å². The lowest BCUT2D eigenvalue weighted by molar-refractivity contribution is -0.200. The zero-order chi connectivity index (χ0) is 32.1. The van der Waals surface area contributed by atoms with Gasteiger partial charge in [0, 0.05) is 36.8 Å². The number of piperidine rings is 1. The lowest BCUT2D eigenvalue weighted by Gasteiger charge is -2.47. The maximum Gasteiger partial charge on any atom is 0.133 e. The van der Waals surface area contributed by atoms with Crippen LogP contribution in [0.1, 0.15) is 48.9 Å². The molecule has 1 heterocycles. The molecule has 1 saturated heterocycles. The van der Waals surface area contributed by atoms with E-state index < -0.39 is 11.6 Å². The molecular formula is C39H45F2NO4. The van der Waals surface area contributed by atoms with Crippen molar-refractivity contribution >= 4 is 0 Å². The fourth-order valence-electron chi connectivity index (χ4n) is 5.88. The van der Waals surface area contributed by atoms with Crippen LogP contribution in [0.3, 0.4) is 0 Å². The van der Waals surface area contributed by atoms with Crippen LogP contribution in [-0.2, 0) is 40.5 Å². The summed E-state index contributed by atoms with van der Waals surface area (Å²) in [6.07, 6.45) is 0.902. The van der Waals surface area contributed by atoms with Crippen molar-refractivity contribution in [2.45, 2.75) is 77.3 Å². The molecule has 4 aromatic carbocycles. The second-order valence-corrected chi connectivity index (χ2v) is 11.9. The molecule has 46 heavy (non-hydrogen) atoms. The van der Waals surface area contributed by atoms with E-state index in [1.165, 1.54) is 12.1 Å².